The molecular weight excluding hydrogens is 158 g/mol. The zero-order valence-electron chi connectivity index (χ0n) is 9.34. The Labute approximate surface area is 82.5 Å². The van der Waals surface area contributed by atoms with Gasteiger partial charge in [-0.25, -0.2) is 0 Å². The topological polar surface area (TPSA) is 3.24 Å². The quantitative estimate of drug-likeness (QED) is 0.601. The molecule has 0 unspecified atom stereocenters. The van der Waals surface area contributed by atoms with Gasteiger partial charge in [0.1, 0.15) is 0 Å². The van der Waals surface area contributed by atoms with Crippen molar-refractivity contribution in [2.24, 2.45) is 11.3 Å². The van der Waals surface area contributed by atoms with Gasteiger partial charge in [-0.05, 0) is 64.0 Å². The fraction of sp³-hybridized carbons (Fsp3) is 1.00. The van der Waals surface area contributed by atoms with Crippen LogP contribution in [0.25, 0.3) is 0 Å². The summed E-state index contributed by atoms with van der Waals surface area (Å²) in [6.07, 6.45) is 5.93. The summed E-state index contributed by atoms with van der Waals surface area (Å²) in [5.74, 6) is 1.02. The van der Waals surface area contributed by atoms with Crippen LogP contribution >= 0.6 is 0 Å². The van der Waals surface area contributed by atoms with Gasteiger partial charge in [0.2, 0.25) is 0 Å². The van der Waals surface area contributed by atoms with E-state index in [1.165, 1.54) is 38.8 Å². The zero-order chi connectivity index (χ0) is 9.47. The maximum absolute atomic E-state index is 2.64. The third-order valence-electron chi connectivity index (χ3n) is 4.64. The SMILES string of the molecule is CC(C)N1CCC2(CC[C@@H]2C)CC1. The number of likely N-dealkylation sites (tertiary alicyclic amines) is 1. The van der Waals surface area contributed by atoms with E-state index in [1.54, 1.807) is 0 Å². The van der Waals surface area contributed by atoms with Crippen LogP contribution in [-0.2, 0) is 0 Å². The molecule has 1 atom stereocenters. The van der Waals surface area contributed by atoms with Crippen molar-refractivity contribution in [1.29, 1.82) is 0 Å². The molecule has 0 radical (unpaired) electrons. The largest absolute Gasteiger partial charge is 0.301 e. The van der Waals surface area contributed by atoms with Crippen LogP contribution in [0.15, 0.2) is 0 Å². The Bertz CT molecular complexity index is 178. The Kier molecular flexibility index (Phi) is 2.39. The summed E-state index contributed by atoms with van der Waals surface area (Å²) in [6.45, 7) is 9.79. The van der Waals surface area contributed by atoms with Crippen molar-refractivity contribution in [1.82, 2.24) is 4.90 Å². The minimum Gasteiger partial charge on any atom is -0.301 e. The van der Waals surface area contributed by atoms with Gasteiger partial charge in [-0.2, -0.15) is 0 Å². The monoisotopic (exact) mass is 181 g/mol. The smallest absolute Gasteiger partial charge is 0.00385 e. The minimum atomic E-state index is 0.757. The first-order chi connectivity index (χ1) is 6.14. The summed E-state index contributed by atoms with van der Waals surface area (Å²) in [5, 5.41) is 0. The molecule has 0 N–H and O–H groups in total. The molecule has 2 aliphatic rings. The average molecular weight is 181 g/mol. The lowest BCUT2D eigenvalue weighted by molar-refractivity contribution is -0.0311. The first-order valence-corrected chi connectivity index (χ1v) is 5.88. The third kappa shape index (κ3) is 1.52. The van der Waals surface area contributed by atoms with Gasteiger partial charge in [-0.15, -0.1) is 0 Å². The highest BCUT2D eigenvalue weighted by Gasteiger charge is 2.45. The van der Waals surface area contributed by atoms with Gasteiger partial charge in [0, 0.05) is 6.04 Å². The summed E-state index contributed by atoms with van der Waals surface area (Å²) in [7, 11) is 0. The van der Waals surface area contributed by atoms with Crippen LogP contribution in [-0.4, -0.2) is 24.0 Å². The highest BCUT2D eigenvalue weighted by atomic mass is 15.2. The Balaban J connectivity index is 1.89. The van der Waals surface area contributed by atoms with E-state index in [4.69, 9.17) is 0 Å². The van der Waals surface area contributed by atoms with E-state index in [0.717, 1.165) is 17.4 Å². The van der Waals surface area contributed by atoms with E-state index in [1.807, 2.05) is 0 Å². The van der Waals surface area contributed by atoms with E-state index in [-0.39, 0.29) is 0 Å². The van der Waals surface area contributed by atoms with Gasteiger partial charge < -0.3 is 4.90 Å². The average Bonchev–Trinajstić information content (AvgIpc) is 2.15. The fourth-order valence-corrected chi connectivity index (χ4v) is 3.07. The van der Waals surface area contributed by atoms with E-state index < -0.39 is 0 Å². The summed E-state index contributed by atoms with van der Waals surface area (Å²) in [6, 6.07) is 0.757. The van der Waals surface area contributed by atoms with Gasteiger partial charge in [0.25, 0.3) is 0 Å². The number of rotatable bonds is 1. The Hall–Kier alpha value is -0.0400. The summed E-state index contributed by atoms with van der Waals surface area (Å²) in [5.41, 5.74) is 0.783. The second-order valence-electron chi connectivity index (χ2n) is 5.43. The van der Waals surface area contributed by atoms with E-state index in [2.05, 4.69) is 25.7 Å². The van der Waals surface area contributed by atoms with Gasteiger partial charge in [-0.1, -0.05) is 6.92 Å². The molecule has 1 aliphatic carbocycles. The predicted molar refractivity (Wildman–Crippen MR) is 56.8 cm³/mol. The lowest BCUT2D eigenvalue weighted by atomic mass is 9.56. The molecule has 0 aromatic rings. The third-order valence-corrected chi connectivity index (χ3v) is 4.64. The Morgan fingerprint density at radius 1 is 1.15 bits per heavy atom. The molecule has 0 amide bonds. The van der Waals surface area contributed by atoms with Gasteiger partial charge in [0.15, 0.2) is 0 Å². The van der Waals surface area contributed by atoms with Gasteiger partial charge >= 0.3 is 0 Å². The van der Waals surface area contributed by atoms with Crippen molar-refractivity contribution < 1.29 is 0 Å². The molecule has 0 bridgehead atoms. The van der Waals surface area contributed by atoms with Crippen LogP contribution < -0.4 is 0 Å². The van der Waals surface area contributed by atoms with E-state index in [0.29, 0.717) is 0 Å². The van der Waals surface area contributed by atoms with Crippen LogP contribution in [0.2, 0.25) is 0 Å². The van der Waals surface area contributed by atoms with Crippen molar-refractivity contribution in [2.45, 2.75) is 52.5 Å². The Morgan fingerprint density at radius 3 is 2.08 bits per heavy atom. The number of nitrogens with zero attached hydrogens (tertiary/aromatic N) is 1. The highest BCUT2D eigenvalue weighted by Crippen LogP contribution is 2.53. The van der Waals surface area contributed by atoms with Crippen LogP contribution in [0.4, 0.5) is 0 Å². The minimum absolute atomic E-state index is 0.757. The van der Waals surface area contributed by atoms with E-state index in [9.17, 15) is 0 Å². The molecule has 13 heavy (non-hydrogen) atoms. The maximum Gasteiger partial charge on any atom is 0.00385 e. The summed E-state index contributed by atoms with van der Waals surface area (Å²) < 4.78 is 0. The second-order valence-corrected chi connectivity index (χ2v) is 5.43. The molecule has 0 aromatic heterocycles. The van der Waals surface area contributed by atoms with Crippen LogP contribution in [0, 0.1) is 11.3 Å². The first kappa shape index (κ1) is 9.51. The first-order valence-electron chi connectivity index (χ1n) is 5.88. The normalized spacial score (nSPS) is 33.7. The molecule has 0 aromatic carbocycles. The zero-order valence-corrected chi connectivity index (χ0v) is 9.34. The lowest BCUT2D eigenvalue weighted by Gasteiger charge is -2.53. The molecule has 1 heteroatoms. The van der Waals surface area contributed by atoms with Crippen molar-refractivity contribution in [2.75, 3.05) is 13.1 Å². The molecule has 2 fully saturated rings. The van der Waals surface area contributed by atoms with Crippen LogP contribution in [0.3, 0.4) is 0 Å². The molecular formula is C12H23N. The number of hydrogen-bond acceptors (Lipinski definition) is 1. The standard InChI is InChI=1S/C12H23N/c1-10(2)13-8-6-12(7-9-13)5-4-11(12)3/h10-11H,4-9H2,1-3H3/t11-/m0/s1. The highest BCUT2D eigenvalue weighted by molar-refractivity contribution is 4.97. The number of piperidine rings is 1. The molecule has 76 valence electrons. The lowest BCUT2D eigenvalue weighted by Crippen LogP contribution is -2.49. The molecule has 1 saturated carbocycles. The van der Waals surface area contributed by atoms with Crippen molar-refractivity contribution >= 4 is 0 Å². The molecule has 1 nitrogen and oxygen atoms in total. The Morgan fingerprint density at radius 2 is 1.77 bits per heavy atom. The van der Waals surface area contributed by atoms with Crippen molar-refractivity contribution in [3.05, 3.63) is 0 Å². The van der Waals surface area contributed by atoms with Crippen molar-refractivity contribution in [3.8, 4) is 0 Å². The van der Waals surface area contributed by atoms with Gasteiger partial charge in [0.05, 0.1) is 0 Å². The number of hydrogen-bond donors (Lipinski definition) is 0. The molecule has 1 aliphatic heterocycles. The van der Waals surface area contributed by atoms with Crippen LogP contribution in [0.1, 0.15) is 46.5 Å². The van der Waals surface area contributed by atoms with E-state index >= 15 is 0 Å². The van der Waals surface area contributed by atoms with Crippen molar-refractivity contribution in [3.63, 3.8) is 0 Å². The molecule has 1 saturated heterocycles. The maximum atomic E-state index is 2.64. The summed E-state index contributed by atoms with van der Waals surface area (Å²) >= 11 is 0. The molecule has 1 spiro atoms. The fourth-order valence-electron chi connectivity index (χ4n) is 3.07. The second kappa shape index (κ2) is 3.27. The molecule has 2 rings (SSSR count). The molecule has 1 heterocycles. The van der Waals surface area contributed by atoms with Gasteiger partial charge in [-0.3, -0.25) is 0 Å². The van der Waals surface area contributed by atoms with Crippen LogP contribution in [0.5, 0.6) is 0 Å². The summed E-state index contributed by atoms with van der Waals surface area (Å²) in [4.78, 5) is 2.64. The predicted octanol–water partition coefficient (Wildman–Crippen LogP) is 2.91.